The minimum Gasteiger partial charge on any atom is -0.459 e. The second-order valence-corrected chi connectivity index (χ2v) is 12.0. The molecule has 12 nitrogen and oxygen atoms in total. The Hall–Kier alpha value is -5.39. The van der Waals surface area contributed by atoms with E-state index < -0.39 is 48.0 Å². The third-order valence-corrected chi connectivity index (χ3v) is 7.17. The number of urea groups is 1. The number of ether oxygens (including phenoxy) is 2. The summed E-state index contributed by atoms with van der Waals surface area (Å²) in [4.78, 5) is 65.0. The first kappa shape index (κ1) is 37.1. The number of hydrogen-bond acceptors (Lipinski definition) is 7. The van der Waals surface area contributed by atoms with Crippen molar-refractivity contribution in [3.63, 3.8) is 0 Å². The van der Waals surface area contributed by atoms with Crippen molar-refractivity contribution in [3.8, 4) is 0 Å². The lowest BCUT2D eigenvalue weighted by Crippen LogP contribution is -2.59. The van der Waals surface area contributed by atoms with E-state index in [0.717, 1.165) is 16.7 Å². The molecule has 0 aliphatic rings. The zero-order valence-electron chi connectivity index (χ0n) is 27.7. The van der Waals surface area contributed by atoms with Crippen molar-refractivity contribution in [2.75, 3.05) is 0 Å². The van der Waals surface area contributed by atoms with Crippen LogP contribution in [0.1, 0.15) is 50.8 Å². The third-order valence-electron chi connectivity index (χ3n) is 7.17. The van der Waals surface area contributed by atoms with Crippen LogP contribution in [-0.2, 0) is 43.5 Å². The summed E-state index contributed by atoms with van der Waals surface area (Å²) in [6, 6.07) is 23.3. The summed E-state index contributed by atoms with van der Waals surface area (Å²) in [7, 11) is 0. The van der Waals surface area contributed by atoms with Crippen LogP contribution in [0.15, 0.2) is 91.0 Å². The van der Waals surface area contributed by atoms with Crippen molar-refractivity contribution >= 4 is 29.9 Å². The first-order chi connectivity index (χ1) is 23.0. The first-order valence-corrected chi connectivity index (χ1v) is 15.9. The predicted octanol–water partition coefficient (Wildman–Crippen LogP) is 4.15. The zero-order valence-corrected chi connectivity index (χ0v) is 27.7. The normalized spacial score (nSPS) is 12.6. The van der Waals surface area contributed by atoms with E-state index in [4.69, 9.17) is 9.47 Å². The lowest BCUT2D eigenvalue weighted by Gasteiger charge is -2.25. The van der Waals surface area contributed by atoms with Crippen LogP contribution in [0.3, 0.4) is 0 Å². The summed E-state index contributed by atoms with van der Waals surface area (Å²) in [5, 5.41) is 7.86. The first-order valence-electron chi connectivity index (χ1n) is 15.9. The molecule has 5 amide bonds. The maximum absolute atomic E-state index is 13.5. The number of carbonyl (C=O) groups is 5. The quantitative estimate of drug-likeness (QED) is 0.121. The topological polar surface area (TPSA) is 164 Å². The van der Waals surface area contributed by atoms with Crippen LogP contribution in [0, 0.1) is 11.8 Å². The standard InChI is InChI=1S/C36H45N5O7/c1-24(2)20-29(38-36(46)48-23-28-18-12-7-13-19-28)32(42)37-30(21-26-14-8-5-9-15-26)33(43)40-41-35(45)39-31(25(3)4)34(44)47-22-27-16-10-6-11-17-27/h5-19,24-25,29-31H,20-23H2,1-4H3,(H,37,42)(H,38,46)(H,40,43)(H2,39,41,45)/t29-,30-,31-/m0/s1. The van der Waals surface area contributed by atoms with Crippen LogP contribution >= 0.6 is 0 Å². The molecule has 0 spiro atoms. The van der Waals surface area contributed by atoms with E-state index in [-0.39, 0.29) is 37.9 Å². The van der Waals surface area contributed by atoms with Gasteiger partial charge in [0.25, 0.3) is 5.91 Å². The van der Waals surface area contributed by atoms with E-state index >= 15 is 0 Å². The lowest BCUT2D eigenvalue weighted by molar-refractivity contribution is -0.148. The van der Waals surface area contributed by atoms with Gasteiger partial charge in [0.15, 0.2) is 0 Å². The minimum atomic E-state index is -1.13. The number of rotatable bonds is 15. The van der Waals surface area contributed by atoms with E-state index in [0.29, 0.717) is 0 Å². The highest BCUT2D eigenvalue weighted by molar-refractivity contribution is 5.92. The Labute approximate surface area is 281 Å². The van der Waals surface area contributed by atoms with E-state index in [1.165, 1.54) is 0 Å². The summed E-state index contributed by atoms with van der Waals surface area (Å²) >= 11 is 0. The third kappa shape index (κ3) is 13.1. The second-order valence-electron chi connectivity index (χ2n) is 12.0. The molecule has 0 aromatic heterocycles. The number of hydrogen-bond donors (Lipinski definition) is 5. The van der Waals surface area contributed by atoms with Gasteiger partial charge in [0.2, 0.25) is 5.91 Å². The van der Waals surface area contributed by atoms with Gasteiger partial charge in [-0.05, 0) is 34.9 Å². The van der Waals surface area contributed by atoms with Crippen molar-refractivity contribution in [2.45, 2.75) is 71.9 Å². The van der Waals surface area contributed by atoms with E-state index in [1.807, 2.05) is 80.6 Å². The average molecular weight is 660 g/mol. The highest BCUT2D eigenvalue weighted by atomic mass is 16.5. The van der Waals surface area contributed by atoms with Gasteiger partial charge in [0, 0.05) is 6.42 Å². The molecule has 0 saturated carbocycles. The fourth-order valence-electron chi connectivity index (χ4n) is 4.64. The number of carbonyl (C=O) groups excluding carboxylic acids is 5. The molecule has 0 fully saturated rings. The Morgan fingerprint density at radius 3 is 1.62 bits per heavy atom. The average Bonchev–Trinajstić information content (AvgIpc) is 3.08. The molecule has 256 valence electrons. The number of nitrogens with one attached hydrogen (secondary N) is 5. The van der Waals surface area contributed by atoms with Crippen LogP contribution in [0.2, 0.25) is 0 Å². The highest BCUT2D eigenvalue weighted by Crippen LogP contribution is 2.10. The predicted molar refractivity (Wildman–Crippen MR) is 180 cm³/mol. The van der Waals surface area contributed by atoms with Gasteiger partial charge in [-0.1, -0.05) is 119 Å². The Kier molecular flexibility index (Phi) is 14.9. The molecule has 48 heavy (non-hydrogen) atoms. The van der Waals surface area contributed by atoms with Gasteiger partial charge in [-0.3, -0.25) is 15.0 Å². The van der Waals surface area contributed by atoms with Gasteiger partial charge in [0.1, 0.15) is 31.3 Å². The molecule has 12 heteroatoms. The largest absolute Gasteiger partial charge is 0.459 e. The number of esters is 1. The van der Waals surface area contributed by atoms with Gasteiger partial charge >= 0.3 is 18.1 Å². The van der Waals surface area contributed by atoms with Crippen LogP contribution in [-0.4, -0.2) is 48.0 Å². The maximum Gasteiger partial charge on any atom is 0.408 e. The molecule has 0 radical (unpaired) electrons. The van der Waals surface area contributed by atoms with E-state index in [9.17, 15) is 24.0 Å². The van der Waals surface area contributed by atoms with Gasteiger partial charge in [0.05, 0.1) is 0 Å². The van der Waals surface area contributed by atoms with Crippen molar-refractivity contribution in [2.24, 2.45) is 11.8 Å². The van der Waals surface area contributed by atoms with Gasteiger partial charge in [-0.15, -0.1) is 0 Å². The summed E-state index contributed by atoms with van der Waals surface area (Å²) < 4.78 is 10.7. The molecule has 5 N–H and O–H groups in total. The molecule has 3 aromatic rings. The molecule has 0 unspecified atom stereocenters. The smallest absolute Gasteiger partial charge is 0.408 e. The van der Waals surface area contributed by atoms with E-state index in [2.05, 4.69) is 26.8 Å². The molecule has 0 saturated heterocycles. The lowest BCUT2D eigenvalue weighted by atomic mass is 10.0. The molecule has 0 aliphatic carbocycles. The molecule has 0 heterocycles. The fourth-order valence-corrected chi connectivity index (χ4v) is 4.64. The van der Waals surface area contributed by atoms with Gasteiger partial charge in [-0.25, -0.2) is 19.8 Å². The zero-order chi connectivity index (χ0) is 34.9. The molecular weight excluding hydrogens is 614 g/mol. The van der Waals surface area contributed by atoms with Crippen molar-refractivity contribution < 1.29 is 33.4 Å². The molecule has 0 aliphatic heterocycles. The van der Waals surface area contributed by atoms with Gasteiger partial charge in [-0.2, -0.15) is 0 Å². The minimum absolute atomic E-state index is 0.0234. The Balaban J connectivity index is 1.62. The molecule has 3 aromatic carbocycles. The summed E-state index contributed by atoms with van der Waals surface area (Å²) in [5.41, 5.74) is 6.93. The number of hydrazine groups is 1. The van der Waals surface area contributed by atoms with Crippen LogP contribution in [0.5, 0.6) is 0 Å². The molecule has 3 atom stereocenters. The van der Waals surface area contributed by atoms with Crippen molar-refractivity contribution in [3.05, 3.63) is 108 Å². The van der Waals surface area contributed by atoms with Crippen LogP contribution in [0.25, 0.3) is 0 Å². The van der Waals surface area contributed by atoms with E-state index in [1.54, 1.807) is 38.1 Å². The van der Waals surface area contributed by atoms with Gasteiger partial charge < -0.3 is 25.4 Å². The maximum atomic E-state index is 13.5. The summed E-state index contributed by atoms with van der Waals surface area (Å²) in [6.45, 7) is 7.36. The second kappa shape index (κ2) is 19.3. The van der Waals surface area contributed by atoms with Crippen molar-refractivity contribution in [1.82, 2.24) is 26.8 Å². The number of benzene rings is 3. The fraction of sp³-hybridized carbons (Fsp3) is 0.361. The highest BCUT2D eigenvalue weighted by Gasteiger charge is 2.29. The van der Waals surface area contributed by atoms with Crippen LogP contribution < -0.4 is 26.8 Å². The SMILES string of the molecule is CC(C)C[C@H](NC(=O)OCc1ccccc1)C(=O)N[C@@H](Cc1ccccc1)C(=O)NNC(=O)N[C@H](C(=O)OCc1ccccc1)C(C)C. The Bertz CT molecular complexity index is 1470. The Morgan fingerprint density at radius 1 is 0.583 bits per heavy atom. The molecule has 0 bridgehead atoms. The number of amides is 5. The van der Waals surface area contributed by atoms with Crippen molar-refractivity contribution in [1.29, 1.82) is 0 Å². The molecular formula is C36H45N5O7. The Morgan fingerprint density at radius 2 is 1.10 bits per heavy atom. The monoisotopic (exact) mass is 659 g/mol. The number of alkyl carbamates (subject to hydrolysis) is 1. The summed E-state index contributed by atoms with van der Waals surface area (Å²) in [6.07, 6.45) is -0.400. The summed E-state index contributed by atoms with van der Waals surface area (Å²) in [5.74, 6) is -2.23. The van der Waals surface area contributed by atoms with Crippen LogP contribution in [0.4, 0.5) is 9.59 Å². The molecule has 3 rings (SSSR count).